The molecule has 4 nitrogen and oxygen atoms in total. The summed E-state index contributed by atoms with van der Waals surface area (Å²) in [6, 6.07) is 0. The third kappa shape index (κ3) is 4.21. The largest absolute Gasteiger partial charge is 0.464 e. The Hall–Kier alpha value is -1.16. The van der Waals surface area contributed by atoms with Crippen molar-refractivity contribution in [1.82, 2.24) is 4.90 Å². The minimum atomic E-state index is -0.334. The van der Waals surface area contributed by atoms with E-state index in [1.54, 1.807) is 0 Å². The molecule has 6 aliphatic rings. The normalized spacial score (nSPS) is 47.5. The van der Waals surface area contributed by atoms with Crippen molar-refractivity contribution < 1.29 is 14.3 Å². The average Bonchev–Trinajstić information content (AvgIpc) is 3.33. The number of likely N-dealkylation sites (tertiary alicyclic amines) is 1. The fraction of sp³-hybridized carbons (Fsp3) is 0.892. The Morgan fingerprint density at radius 3 is 2.32 bits per heavy atom. The van der Waals surface area contributed by atoms with Crippen LogP contribution in [0.15, 0.2) is 12.2 Å². The SMILES string of the molecule is C=C(C)[C@@H]1CC[C@]2(C(=O)OCCN3CCCCC3)CC[C@]3(C)[C@H](CC[C@@H]4[C@@]5(C)CCC(=O)C(C)(C)[C@@H]5CC[C@]43C)[C@@H]12. The van der Waals surface area contributed by atoms with E-state index in [0.717, 1.165) is 58.2 Å². The molecule has 4 heteroatoms. The number of Topliss-reactive ketones (excluding diaryl/α,β-unsaturated/α-hetero) is 1. The van der Waals surface area contributed by atoms with Crippen LogP contribution in [0.1, 0.15) is 125 Å². The van der Waals surface area contributed by atoms with Crippen molar-refractivity contribution in [3.63, 3.8) is 0 Å². The molecule has 0 spiro atoms. The van der Waals surface area contributed by atoms with Gasteiger partial charge in [0.15, 0.2) is 0 Å². The van der Waals surface area contributed by atoms with Gasteiger partial charge in [0.2, 0.25) is 0 Å². The van der Waals surface area contributed by atoms with Gasteiger partial charge in [0.25, 0.3) is 0 Å². The van der Waals surface area contributed by atoms with Gasteiger partial charge in [0.05, 0.1) is 5.41 Å². The third-order valence-corrected chi connectivity index (χ3v) is 15.3. The average molecular weight is 566 g/mol. The fourth-order valence-corrected chi connectivity index (χ4v) is 12.9. The maximum absolute atomic E-state index is 14.2. The summed E-state index contributed by atoms with van der Waals surface area (Å²) in [6.45, 7) is 22.8. The quantitative estimate of drug-likeness (QED) is 0.249. The first-order valence-electron chi connectivity index (χ1n) is 17.4. The molecule has 0 aromatic rings. The number of allylic oxidation sites excluding steroid dienone is 1. The third-order valence-electron chi connectivity index (χ3n) is 15.3. The highest BCUT2D eigenvalue weighted by Crippen LogP contribution is 2.77. The van der Waals surface area contributed by atoms with Crippen LogP contribution in [0.2, 0.25) is 0 Å². The number of carbonyl (C=O) groups is 2. The summed E-state index contributed by atoms with van der Waals surface area (Å²) < 4.78 is 6.24. The second kappa shape index (κ2) is 10.2. The van der Waals surface area contributed by atoms with E-state index in [1.807, 2.05) is 0 Å². The van der Waals surface area contributed by atoms with Crippen LogP contribution in [-0.4, -0.2) is 42.9 Å². The molecular weight excluding hydrogens is 506 g/mol. The van der Waals surface area contributed by atoms with Gasteiger partial charge in [0.1, 0.15) is 12.4 Å². The summed E-state index contributed by atoms with van der Waals surface area (Å²) in [7, 11) is 0. The summed E-state index contributed by atoms with van der Waals surface area (Å²) in [5, 5.41) is 0. The van der Waals surface area contributed by atoms with Gasteiger partial charge in [0, 0.05) is 18.4 Å². The molecule has 0 unspecified atom stereocenters. The minimum absolute atomic E-state index is 0.112. The predicted octanol–water partition coefficient (Wildman–Crippen LogP) is 8.24. The van der Waals surface area contributed by atoms with E-state index < -0.39 is 0 Å². The molecule has 0 N–H and O–H groups in total. The van der Waals surface area contributed by atoms with Crippen molar-refractivity contribution in [2.75, 3.05) is 26.2 Å². The van der Waals surface area contributed by atoms with Crippen molar-refractivity contribution in [3.05, 3.63) is 12.2 Å². The number of ether oxygens (including phenoxy) is 1. The maximum atomic E-state index is 14.2. The Bertz CT molecular complexity index is 1070. The Morgan fingerprint density at radius 2 is 1.61 bits per heavy atom. The van der Waals surface area contributed by atoms with Crippen molar-refractivity contribution in [1.29, 1.82) is 0 Å². The lowest BCUT2D eigenvalue weighted by Gasteiger charge is -2.72. The molecular formula is C37H59NO3. The summed E-state index contributed by atoms with van der Waals surface area (Å²) in [6.07, 6.45) is 14.7. The molecule has 0 radical (unpaired) electrons. The van der Waals surface area contributed by atoms with Gasteiger partial charge in [-0.1, -0.05) is 53.2 Å². The Morgan fingerprint density at radius 1 is 0.878 bits per heavy atom. The van der Waals surface area contributed by atoms with E-state index in [2.05, 4.69) is 53.0 Å². The van der Waals surface area contributed by atoms with Gasteiger partial charge in [-0.05, 0) is 136 Å². The van der Waals surface area contributed by atoms with Crippen molar-refractivity contribution in [2.24, 2.45) is 56.7 Å². The van der Waals surface area contributed by atoms with Crippen LogP contribution < -0.4 is 0 Å². The van der Waals surface area contributed by atoms with Gasteiger partial charge >= 0.3 is 5.97 Å². The van der Waals surface area contributed by atoms with Crippen molar-refractivity contribution in [3.8, 4) is 0 Å². The first-order chi connectivity index (χ1) is 19.3. The highest BCUT2D eigenvalue weighted by Gasteiger charge is 2.72. The number of carbonyl (C=O) groups excluding carboxylic acids is 2. The molecule has 1 saturated heterocycles. The Kier molecular flexibility index (Phi) is 7.44. The number of ketones is 1. The molecule has 9 atom stereocenters. The Balaban J connectivity index is 1.28. The van der Waals surface area contributed by atoms with Crippen LogP contribution in [0.3, 0.4) is 0 Å². The molecule has 230 valence electrons. The van der Waals surface area contributed by atoms with Gasteiger partial charge in [-0.15, -0.1) is 0 Å². The van der Waals surface area contributed by atoms with Gasteiger partial charge < -0.3 is 4.74 Å². The van der Waals surface area contributed by atoms with E-state index in [1.165, 1.54) is 50.5 Å². The maximum Gasteiger partial charge on any atom is 0.312 e. The van der Waals surface area contributed by atoms with Crippen LogP contribution in [0.25, 0.3) is 0 Å². The van der Waals surface area contributed by atoms with E-state index >= 15 is 0 Å². The topological polar surface area (TPSA) is 46.6 Å². The zero-order valence-corrected chi connectivity index (χ0v) is 27.3. The molecule has 0 bridgehead atoms. The van der Waals surface area contributed by atoms with Gasteiger partial charge in [-0.25, -0.2) is 0 Å². The fourth-order valence-electron chi connectivity index (χ4n) is 12.9. The molecule has 0 aromatic carbocycles. The number of nitrogens with zero attached hydrogens (tertiary/aromatic N) is 1. The van der Waals surface area contributed by atoms with E-state index in [0.29, 0.717) is 42.0 Å². The lowest BCUT2D eigenvalue weighted by atomic mass is 9.32. The predicted molar refractivity (Wildman–Crippen MR) is 165 cm³/mol. The second-order valence-electron chi connectivity index (χ2n) is 17.0. The first-order valence-corrected chi connectivity index (χ1v) is 17.4. The monoisotopic (exact) mass is 565 g/mol. The molecule has 0 amide bonds. The number of hydrogen-bond acceptors (Lipinski definition) is 4. The zero-order valence-electron chi connectivity index (χ0n) is 27.3. The molecule has 5 aliphatic carbocycles. The van der Waals surface area contributed by atoms with Gasteiger partial charge in [-0.2, -0.15) is 0 Å². The summed E-state index contributed by atoms with van der Waals surface area (Å²) in [5.41, 5.74) is 1.41. The van der Waals surface area contributed by atoms with E-state index in [-0.39, 0.29) is 33.0 Å². The van der Waals surface area contributed by atoms with Crippen molar-refractivity contribution >= 4 is 11.8 Å². The number of fused-ring (bicyclic) bond motifs is 7. The van der Waals surface area contributed by atoms with Crippen molar-refractivity contribution in [2.45, 2.75) is 125 Å². The van der Waals surface area contributed by atoms with Crippen LogP contribution in [0, 0.1) is 56.7 Å². The molecule has 41 heavy (non-hydrogen) atoms. The summed E-state index contributed by atoms with van der Waals surface area (Å²) in [5.74, 6) is 3.05. The second-order valence-corrected chi connectivity index (χ2v) is 17.0. The standard InChI is InChI=1S/C37H59NO3/c1-25(2)26-13-18-37(32(40)41-24-23-38-21-9-8-10-22-38)20-19-35(6)27(31(26)37)11-12-29-34(5)16-15-30(39)33(3,4)28(34)14-17-36(29,35)7/h26-29,31H,1,8-24H2,2-7H3/t26-,27+,28-,29+,31+,34-,35+,36+,37-/m0/s1. The Labute approximate surface area is 250 Å². The minimum Gasteiger partial charge on any atom is -0.464 e. The number of piperidine rings is 1. The smallest absolute Gasteiger partial charge is 0.312 e. The molecule has 1 heterocycles. The lowest BCUT2D eigenvalue weighted by molar-refractivity contribution is -0.236. The van der Waals surface area contributed by atoms with Crippen LogP contribution in [0.4, 0.5) is 0 Å². The van der Waals surface area contributed by atoms with Crippen LogP contribution >= 0.6 is 0 Å². The number of esters is 1. The highest BCUT2D eigenvalue weighted by atomic mass is 16.5. The molecule has 6 rings (SSSR count). The number of rotatable bonds is 5. The highest BCUT2D eigenvalue weighted by molar-refractivity contribution is 5.85. The molecule has 5 saturated carbocycles. The van der Waals surface area contributed by atoms with Crippen LogP contribution in [-0.2, 0) is 14.3 Å². The lowest BCUT2D eigenvalue weighted by Crippen LogP contribution is -2.66. The zero-order chi connectivity index (χ0) is 29.4. The summed E-state index contributed by atoms with van der Waals surface area (Å²) in [4.78, 5) is 29.8. The van der Waals surface area contributed by atoms with Gasteiger partial charge in [-0.3, -0.25) is 14.5 Å². The van der Waals surface area contributed by atoms with Crippen LogP contribution in [0.5, 0.6) is 0 Å². The summed E-state index contributed by atoms with van der Waals surface area (Å²) >= 11 is 0. The molecule has 6 fully saturated rings. The molecule has 1 aliphatic heterocycles. The van der Waals surface area contributed by atoms with E-state index in [4.69, 9.17) is 4.74 Å². The van der Waals surface area contributed by atoms with E-state index in [9.17, 15) is 9.59 Å². The number of hydrogen-bond donors (Lipinski definition) is 0. The molecule has 0 aromatic heterocycles. The first kappa shape index (κ1) is 29.9.